The fourth-order valence-corrected chi connectivity index (χ4v) is 1.90. The maximum atomic E-state index is 8.92. The Bertz CT molecular complexity index is 339. The highest BCUT2D eigenvalue weighted by Crippen LogP contribution is 2.48. The van der Waals surface area contributed by atoms with Gasteiger partial charge in [-0.2, -0.15) is 0 Å². The van der Waals surface area contributed by atoms with E-state index in [1.165, 1.54) is 12.8 Å². The summed E-state index contributed by atoms with van der Waals surface area (Å²) in [6, 6.07) is 3.64. The van der Waals surface area contributed by atoms with Crippen molar-refractivity contribution >= 4 is 17.4 Å². The zero-order chi connectivity index (χ0) is 10.7. The van der Waals surface area contributed by atoms with Gasteiger partial charge in [-0.15, -0.1) is 0 Å². The van der Waals surface area contributed by atoms with Crippen LogP contribution in [0.4, 0.5) is 5.82 Å². The monoisotopic (exact) mass is 226 g/mol. The van der Waals surface area contributed by atoms with Crippen molar-refractivity contribution in [3.05, 3.63) is 23.4 Å². The molecule has 82 valence electrons. The Balaban J connectivity index is 1.91. The van der Waals surface area contributed by atoms with Crippen LogP contribution >= 0.6 is 11.6 Å². The first-order valence-corrected chi connectivity index (χ1v) is 5.59. The predicted octanol–water partition coefficient (Wildman–Crippen LogP) is 2.31. The largest absolute Gasteiger partial charge is 0.396 e. The van der Waals surface area contributed by atoms with Crippen molar-refractivity contribution in [2.45, 2.75) is 19.3 Å². The zero-order valence-electron chi connectivity index (χ0n) is 8.54. The van der Waals surface area contributed by atoms with E-state index in [0.717, 1.165) is 18.8 Å². The lowest BCUT2D eigenvalue weighted by Crippen LogP contribution is -2.17. The Morgan fingerprint density at radius 2 is 2.33 bits per heavy atom. The smallest absolute Gasteiger partial charge is 0.144 e. The molecule has 1 aliphatic carbocycles. The van der Waals surface area contributed by atoms with E-state index >= 15 is 0 Å². The fourth-order valence-electron chi connectivity index (χ4n) is 1.72. The topological polar surface area (TPSA) is 45.1 Å². The van der Waals surface area contributed by atoms with Crippen LogP contribution in [-0.2, 0) is 0 Å². The molecule has 15 heavy (non-hydrogen) atoms. The van der Waals surface area contributed by atoms with Gasteiger partial charge in [0.15, 0.2) is 0 Å². The number of nitrogens with one attached hydrogen (secondary N) is 1. The molecule has 1 saturated carbocycles. The van der Waals surface area contributed by atoms with Gasteiger partial charge >= 0.3 is 0 Å². The molecule has 0 atom stereocenters. The van der Waals surface area contributed by atoms with Gasteiger partial charge in [0, 0.05) is 19.3 Å². The molecule has 0 spiro atoms. The van der Waals surface area contributed by atoms with Crippen molar-refractivity contribution in [1.82, 2.24) is 4.98 Å². The third kappa shape index (κ3) is 2.61. The first kappa shape index (κ1) is 10.7. The molecule has 0 amide bonds. The van der Waals surface area contributed by atoms with E-state index in [-0.39, 0.29) is 12.0 Å². The van der Waals surface area contributed by atoms with Crippen LogP contribution in [0.25, 0.3) is 0 Å². The molecule has 2 N–H and O–H groups in total. The number of aliphatic hydroxyl groups is 1. The van der Waals surface area contributed by atoms with Crippen LogP contribution in [0.1, 0.15) is 19.3 Å². The number of rotatable bonds is 5. The Morgan fingerprint density at radius 1 is 1.53 bits per heavy atom. The number of anilines is 1. The average Bonchev–Trinajstić information content (AvgIpc) is 2.98. The highest BCUT2D eigenvalue weighted by atomic mass is 35.5. The standard InChI is InChI=1S/C11H15ClN2O/c12-9-2-1-6-13-10(9)14-8-11(3-4-11)5-7-15/h1-2,6,15H,3-5,7-8H2,(H,13,14). The molecule has 0 saturated heterocycles. The van der Waals surface area contributed by atoms with Crippen molar-refractivity contribution in [1.29, 1.82) is 0 Å². The highest BCUT2D eigenvalue weighted by Gasteiger charge is 2.41. The molecule has 0 unspecified atom stereocenters. The number of pyridine rings is 1. The third-order valence-electron chi connectivity index (χ3n) is 2.99. The van der Waals surface area contributed by atoms with Gasteiger partial charge in [-0.3, -0.25) is 0 Å². The second-order valence-electron chi connectivity index (χ2n) is 4.16. The number of aromatic nitrogens is 1. The minimum atomic E-state index is 0.262. The Hall–Kier alpha value is -0.800. The lowest BCUT2D eigenvalue weighted by Gasteiger charge is -2.15. The van der Waals surface area contributed by atoms with Crippen molar-refractivity contribution < 1.29 is 5.11 Å². The number of nitrogens with zero attached hydrogens (tertiary/aromatic N) is 1. The molecule has 1 heterocycles. The van der Waals surface area contributed by atoms with Gasteiger partial charge in [0.2, 0.25) is 0 Å². The summed E-state index contributed by atoms with van der Waals surface area (Å²) in [5, 5.41) is 12.8. The first-order valence-electron chi connectivity index (χ1n) is 5.21. The third-order valence-corrected chi connectivity index (χ3v) is 3.29. The summed E-state index contributed by atoms with van der Waals surface area (Å²) in [6.07, 6.45) is 4.96. The van der Waals surface area contributed by atoms with Gasteiger partial charge < -0.3 is 10.4 Å². The molecule has 4 heteroatoms. The van der Waals surface area contributed by atoms with Gasteiger partial charge in [-0.25, -0.2) is 4.98 Å². The van der Waals surface area contributed by atoms with Crippen LogP contribution < -0.4 is 5.32 Å². The molecule has 1 aromatic rings. The highest BCUT2D eigenvalue weighted by molar-refractivity contribution is 6.32. The number of halogens is 1. The summed E-state index contributed by atoms with van der Waals surface area (Å²) in [4.78, 5) is 4.16. The van der Waals surface area contributed by atoms with Gasteiger partial charge in [-0.1, -0.05) is 11.6 Å². The van der Waals surface area contributed by atoms with E-state index in [2.05, 4.69) is 10.3 Å². The van der Waals surface area contributed by atoms with E-state index in [4.69, 9.17) is 16.7 Å². The van der Waals surface area contributed by atoms with Crippen LogP contribution in [-0.4, -0.2) is 23.2 Å². The van der Waals surface area contributed by atoms with Gasteiger partial charge in [-0.05, 0) is 36.8 Å². The van der Waals surface area contributed by atoms with E-state index < -0.39 is 0 Å². The Morgan fingerprint density at radius 3 is 2.93 bits per heavy atom. The number of hydrogen-bond acceptors (Lipinski definition) is 3. The van der Waals surface area contributed by atoms with Crippen LogP contribution in [0.3, 0.4) is 0 Å². The van der Waals surface area contributed by atoms with Crippen molar-refractivity contribution in [3.63, 3.8) is 0 Å². The van der Waals surface area contributed by atoms with Crippen LogP contribution in [0.2, 0.25) is 5.02 Å². The second kappa shape index (κ2) is 4.37. The van der Waals surface area contributed by atoms with E-state index in [1.807, 2.05) is 12.1 Å². The SMILES string of the molecule is OCCC1(CNc2ncccc2Cl)CC1. The molecule has 1 aromatic heterocycles. The minimum Gasteiger partial charge on any atom is -0.396 e. The minimum absolute atomic E-state index is 0.262. The van der Waals surface area contributed by atoms with Crippen molar-refractivity contribution in [2.75, 3.05) is 18.5 Å². The molecular formula is C11H15ClN2O. The van der Waals surface area contributed by atoms with E-state index in [0.29, 0.717) is 5.02 Å². The van der Waals surface area contributed by atoms with Crippen LogP contribution in [0, 0.1) is 5.41 Å². The summed E-state index contributed by atoms with van der Waals surface area (Å²) in [5.74, 6) is 0.739. The average molecular weight is 227 g/mol. The molecule has 0 aliphatic heterocycles. The van der Waals surface area contributed by atoms with Crippen molar-refractivity contribution in [2.24, 2.45) is 5.41 Å². The van der Waals surface area contributed by atoms with Gasteiger partial charge in [0.25, 0.3) is 0 Å². The molecule has 0 bridgehead atoms. The summed E-state index contributed by atoms with van der Waals surface area (Å²) in [5.41, 5.74) is 0.287. The first-order chi connectivity index (χ1) is 7.26. The normalized spacial score (nSPS) is 17.5. The zero-order valence-corrected chi connectivity index (χ0v) is 9.30. The molecule has 0 radical (unpaired) electrons. The van der Waals surface area contributed by atoms with Gasteiger partial charge in [0.1, 0.15) is 5.82 Å². The quantitative estimate of drug-likeness (QED) is 0.810. The maximum absolute atomic E-state index is 8.92. The molecule has 2 rings (SSSR count). The molecular weight excluding hydrogens is 212 g/mol. The molecule has 0 aromatic carbocycles. The summed E-state index contributed by atoms with van der Waals surface area (Å²) in [6.45, 7) is 1.11. The molecule has 1 fully saturated rings. The summed E-state index contributed by atoms with van der Waals surface area (Å²) in [7, 11) is 0. The summed E-state index contributed by atoms with van der Waals surface area (Å²) >= 11 is 5.98. The lowest BCUT2D eigenvalue weighted by atomic mass is 10.0. The molecule has 3 nitrogen and oxygen atoms in total. The Labute approximate surface area is 94.5 Å². The summed E-state index contributed by atoms with van der Waals surface area (Å²) < 4.78 is 0. The molecule has 1 aliphatic rings. The fraction of sp³-hybridized carbons (Fsp3) is 0.545. The van der Waals surface area contributed by atoms with Crippen LogP contribution in [0.5, 0.6) is 0 Å². The predicted molar refractivity (Wildman–Crippen MR) is 61.1 cm³/mol. The van der Waals surface area contributed by atoms with E-state index in [9.17, 15) is 0 Å². The van der Waals surface area contributed by atoms with Gasteiger partial charge in [0.05, 0.1) is 5.02 Å². The lowest BCUT2D eigenvalue weighted by molar-refractivity contribution is 0.253. The number of hydrogen-bond donors (Lipinski definition) is 2. The Kier molecular flexibility index (Phi) is 3.12. The van der Waals surface area contributed by atoms with Crippen molar-refractivity contribution in [3.8, 4) is 0 Å². The second-order valence-corrected chi connectivity index (χ2v) is 4.57. The van der Waals surface area contributed by atoms with Crippen LogP contribution in [0.15, 0.2) is 18.3 Å². The van der Waals surface area contributed by atoms with E-state index in [1.54, 1.807) is 6.20 Å². The number of aliphatic hydroxyl groups excluding tert-OH is 1. The maximum Gasteiger partial charge on any atom is 0.144 e.